The van der Waals surface area contributed by atoms with E-state index < -0.39 is 5.97 Å². The van der Waals surface area contributed by atoms with Crippen molar-refractivity contribution in [1.29, 1.82) is 0 Å². The Hall–Kier alpha value is -0.980. The number of hydrogen-bond donors (Lipinski definition) is 1. The van der Waals surface area contributed by atoms with Gasteiger partial charge in [-0.3, -0.25) is 4.79 Å². The molecule has 0 amide bonds. The van der Waals surface area contributed by atoms with Crippen LogP contribution in [0.4, 0.5) is 0 Å². The van der Waals surface area contributed by atoms with Crippen LogP contribution in [0.2, 0.25) is 0 Å². The van der Waals surface area contributed by atoms with Crippen LogP contribution in [-0.2, 0) is 16.0 Å². The summed E-state index contributed by atoms with van der Waals surface area (Å²) < 4.78 is 5.61. The summed E-state index contributed by atoms with van der Waals surface area (Å²) >= 11 is 1.47. The fourth-order valence-corrected chi connectivity index (χ4v) is 2.49. The number of hydrogen-bond acceptors (Lipinski definition) is 5. The molecule has 0 aromatic carbocycles. The van der Waals surface area contributed by atoms with Gasteiger partial charge in [-0.15, -0.1) is 11.3 Å². The van der Waals surface area contributed by atoms with E-state index in [0.717, 1.165) is 18.1 Å². The first kappa shape index (κ1) is 11.5. The summed E-state index contributed by atoms with van der Waals surface area (Å²) in [4.78, 5) is 17.0. The molecule has 0 bridgehead atoms. The monoisotopic (exact) mass is 242 g/mol. The highest BCUT2D eigenvalue weighted by molar-refractivity contribution is 7.09. The SMILES string of the molecule is CN1CCOC(c2nc(CC(=O)O)cs2)C1. The lowest BCUT2D eigenvalue weighted by molar-refractivity contribution is -0.136. The minimum Gasteiger partial charge on any atom is -0.481 e. The van der Waals surface area contributed by atoms with E-state index in [1.807, 2.05) is 7.05 Å². The van der Waals surface area contributed by atoms with Gasteiger partial charge in [0.05, 0.1) is 18.7 Å². The van der Waals surface area contributed by atoms with Crippen LogP contribution in [0.5, 0.6) is 0 Å². The summed E-state index contributed by atoms with van der Waals surface area (Å²) in [6, 6.07) is 0. The first-order chi connectivity index (χ1) is 7.65. The maximum atomic E-state index is 10.5. The molecule has 6 heteroatoms. The highest BCUT2D eigenvalue weighted by Crippen LogP contribution is 2.24. The Morgan fingerprint density at radius 1 is 1.81 bits per heavy atom. The number of likely N-dealkylation sites (N-methyl/N-ethyl adjacent to an activating group) is 1. The number of ether oxygens (including phenoxy) is 1. The predicted octanol–water partition coefficient (Wildman–Crippen LogP) is 0.773. The van der Waals surface area contributed by atoms with Gasteiger partial charge in [0.15, 0.2) is 0 Å². The Bertz CT molecular complexity index is 380. The van der Waals surface area contributed by atoms with E-state index in [0.29, 0.717) is 12.3 Å². The van der Waals surface area contributed by atoms with Crippen LogP contribution in [0.3, 0.4) is 0 Å². The van der Waals surface area contributed by atoms with Gasteiger partial charge in [0, 0.05) is 18.5 Å². The van der Waals surface area contributed by atoms with Crippen LogP contribution in [0.15, 0.2) is 5.38 Å². The number of aliphatic carboxylic acids is 1. The van der Waals surface area contributed by atoms with Crippen LogP contribution < -0.4 is 0 Å². The van der Waals surface area contributed by atoms with E-state index in [-0.39, 0.29) is 12.5 Å². The first-order valence-corrected chi connectivity index (χ1v) is 5.99. The molecule has 0 spiro atoms. The van der Waals surface area contributed by atoms with Gasteiger partial charge in [-0.2, -0.15) is 0 Å². The third-order valence-corrected chi connectivity index (χ3v) is 3.43. The second kappa shape index (κ2) is 4.90. The molecule has 1 saturated heterocycles. The van der Waals surface area contributed by atoms with E-state index in [4.69, 9.17) is 9.84 Å². The standard InChI is InChI=1S/C10H14N2O3S/c1-12-2-3-15-8(5-12)10-11-7(6-16-10)4-9(13)14/h6,8H,2-5H2,1H3,(H,13,14). The zero-order valence-electron chi connectivity index (χ0n) is 9.05. The fourth-order valence-electron chi connectivity index (χ4n) is 1.63. The maximum Gasteiger partial charge on any atom is 0.309 e. The molecule has 2 rings (SSSR count). The molecule has 0 radical (unpaired) electrons. The summed E-state index contributed by atoms with van der Waals surface area (Å²) in [6.45, 7) is 2.46. The van der Waals surface area contributed by atoms with Crippen LogP contribution in [0.1, 0.15) is 16.8 Å². The van der Waals surface area contributed by atoms with Gasteiger partial charge in [-0.25, -0.2) is 4.98 Å². The van der Waals surface area contributed by atoms with Crippen molar-refractivity contribution in [3.63, 3.8) is 0 Å². The lowest BCUT2D eigenvalue weighted by atomic mass is 10.3. The van der Waals surface area contributed by atoms with Gasteiger partial charge in [0.2, 0.25) is 0 Å². The van der Waals surface area contributed by atoms with Crippen LogP contribution >= 0.6 is 11.3 Å². The normalized spacial score (nSPS) is 22.2. The smallest absolute Gasteiger partial charge is 0.309 e. The van der Waals surface area contributed by atoms with Gasteiger partial charge in [-0.05, 0) is 7.05 Å². The number of aromatic nitrogens is 1. The Balaban J connectivity index is 2.03. The summed E-state index contributed by atoms with van der Waals surface area (Å²) in [5.41, 5.74) is 0.615. The predicted molar refractivity (Wildman–Crippen MR) is 59.6 cm³/mol. The summed E-state index contributed by atoms with van der Waals surface area (Å²) in [5, 5.41) is 11.3. The maximum absolute atomic E-state index is 10.5. The number of nitrogens with zero attached hydrogens (tertiary/aromatic N) is 2. The van der Waals surface area contributed by atoms with Crippen molar-refractivity contribution >= 4 is 17.3 Å². The van der Waals surface area contributed by atoms with E-state index >= 15 is 0 Å². The third-order valence-electron chi connectivity index (χ3n) is 2.45. The van der Waals surface area contributed by atoms with Gasteiger partial charge in [-0.1, -0.05) is 0 Å². The molecule has 1 aliphatic heterocycles. The average molecular weight is 242 g/mol. The topological polar surface area (TPSA) is 62.7 Å². The number of morpholine rings is 1. The molecule has 1 atom stereocenters. The van der Waals surface area contributed by atoms with Crippen molar-refractivity contribution < 1.29 is 14.6 Å². The Morgan fingerprint density at radius 3 is 3.31 bits per heavy atom. The molecule has 2 heterocycles. The molecule has 88 valence electrons. The number of carboxylic acids is 1. The molecule has 1 unspecified atom stereocenters. The molecule has 0 saturated carbocycles. The molecule has 1 fully saturated rings. The second-order valence-electron chi connectivity index (χ2n) is 3.87. The molecule has 1 aromatic heterocycles. The van der Waals surface area contributed by atoms with Gasteiger partial charge >= 0.3 is 5.97 Å². The van der Waals surface area contributed by atoms with Crippen LogP contribution in [-0.4, -0.2) is 47.7 Å². The summed E-state index contributed by atoms with van der Waals surface area (Å²) in [5.74, 6) is -0.849. The van der Waals surface area contributed by atoms with Crippen molar-refractivity contribution in [3.05, 3.63) is 16.1 Å². The van der Waals surface area contributed by atoms with Crippen LogP contribution in [0, 0.1) is 0 Å². The largest absolute Gasteiger partial charge is 0.481 e. The fraction of sp³-hybridized carbons (Fsp3) is 0.600. The zero-order chi connectivity index (χ0) is 11.5. The molecule has 1 N–H and O–H groups in total. The number of carbonyl (C=O) groups is 1. The summed E-state index contributed by atoms with van der Waals surface area (Å²) in [6.07, 6.45) is -0.0229. The molecule has 1 aliphatic rings. The number of rotatable bonds is 3. The lowest BCUT2D eigenvalue weighted by Gasteiger charge is -2.28. The minimum absolute atomic E-state index is 0.00806. The van der Waals surface area contributed by atoms with Gasteiger partial charge in [0.25, 0.3) is 0 Å². The zero-order valence-corrected chi connectivity index (χ0v) is 9.87. The Labute approximate surface area is 97.7 Å². The van der Waals surface area contributed by atoms with Crippen molar-refractivity contribution in [2.45, 2.75) is 12.5 Å². The molecule has 16 heavy (non-hydrogen) atoms. The molecular weight excluding hydrogens is 228 g/mol. The number of carboxylic acid groups (broad SMARTS) is 1. The van der Waals surface area contributed by atoms with Crippen molar-refractivity contribution in [3.8, 4) is 0 Å². The van der Waals surface area contributed by atoms with Gasteiger partial charge < -0.3 is 14.7 Å². The van der Waals surface area contributed by atoms with Crippen molar-refractivity contribution in [1.82, 2.24) is 9.88 Å². The average Bonchev–Trinajstić information content (AvgIpc) is 2.65. The Morgan fingerprint density at radius 2 is 2.62 bits per heavy atom. The van der Waals surface area contributed by atoms with E-state index in [1.54, 1.807) is 5.38 Å². The van der Waals surface area contributed by atoms with Crippen molar-refractivity contribution in [2.24, 2.45) is 0 Å². The highest BCUT2D eigenvalue weighted by atomic mass is 32.1. The number of thiazole rings is 1. The second-order valence-corrected chi connectivity index (χ2v) is 4.76. The third kappa shape index (κ3) is 2.78. The Kier molecular flexibility index (Phi) is 3.52. The lowest BCUT2D eigenvalue weighted by Crippen LogP contribution is -2.35. The van der Waals surface area contributed by atoms with Crippen LogP contribution in [0.25, 0.3) is 0 Å². The molecule has 5 nitrogen and oxygen atoms in total. The highest BCUT2D eigenvalue weighted by Gasteiger charge is 2.22. The molecule has 1 aromatic rings. The quantitative estimate of drug-likeness (QED) is 0.848. The first-order valence-electron chi connectivity index (χ1n) is 5.11. The molecular formula is C10H14N2O3S. The van der Waals surface area contributed by atoms with Crippen molar-refractivity contribution in [2.75, 3.05) is 26.7 Å². The molecule has 0 aliphatic carbocycles. The minimum atomic E-state index is -0.849. The van der Waals surface area contributed by atoms with Gasteiger partial charge in [0.1, 0.15) is 11.1 Å². The summed E-state index contributed by atoms with van der Waals surface area (Å²) in [7, 11) is 2.04. The van der Waals surface area contributed by atoms with E-state index in [9.17, 15) is 4.79 Å². The van der Waals surface area contributed by atoms with E-state index in [1.165, 1.54) is 11.3 Å². The van der Waals surface area contributed by atoms with E-state index in [2.05, 4.69) is 9.88 Å².